The lowest BCUT2D eigenvalue weighted by molar-refractivity contribution is -0.170. The minimum Gasteiger partial charge on any atom is -0.481 e. The Morgan fingerprint density at radius 3 is 2.00 bits per heavy atom. The van der Waals surface area contributed by atoms with E-state index in [9.17, 15) is 14.4 Å². The largest absolute Gasteiger partial charge is 0.481 e. The second-order valence-corrected chi connectivity index (χ2v) is 11.6. The van der Waals surface area contributed by atoms with Crippen molar-refractivity contribution in [3.8, 4) is 0 Å². The molecule has 10 heteroatoms. The highest BCUT2D eigenvalue weighted by Crippen LogP contribution is 2.50. The topological polar surface area (TPSA) is 163 Å². The maximum Gasteiger partial charge on any atom is 0.336 e. The smallest absolute Gasteiger partial charge is 0.336 e. The van der Waals surface area contributed by atoms with Crippen LogP contribution in [0.15, 0.2) is 54.6 Å². The van der Waals surface area contributed by atoms with Crippen LogP contribution in [0.2, 0.25) is 0 Å². The van der Waals surface area contributed by atoms with Gasteiger partial charge in [0.05, 0.1) is 18.4 Å². The van der Waals surface area contributed by atoms with Gasteiger partial charge in [-0.15, -0.1) is 0 Å². The van der Waals surface area contributed by atoms with Crippen LogP contribution >= 0.6 is 0 Å². The minimum atomic E-state index is -2.74. The van der Waals surface area contributed by atoms with E-state index in [0.717, 1.165) is 19.3 Å². The van der Waals surface area contributed by atoms with Crippen LogP contribution in [-0.4, -0.2) is 74.0 Å². The van der Waals surface area contributed by atoms with Crippen molar-refractivity contribution in [1.29, 1.82) is 0 Å². The molecule has 2 heterocycles. The number of aromatic nitrogens is 1. The summed E-state index contributed by atoms with van der Waals surface area (Å²) < 4.78 is 0. The number of hydrogen-bond acceptors (Lipinski definition) is 6. The second-order valence-electron chi connectivity index (χ2n) is 11.6. The van der Waals surface area contributed by atoms with E-state index in [2.05, 4.69) is 90.8 Å². The average molecular weight is 566 g/mol. The molecule has 2 aliphatic rings. The molecule has 0 saturated heterocycles. The molecule has 1 saturated carbocycles. The Kier molecular flexibility index (Phi) is 8.58. The number of carbonyl (C=O) groups is 3. The molecule has 220 valence electrons. The lowest BCUT2D eigenvalue weighted by Crippen LogP contribution is -2.57. The van der Waals surface area contributed by atoms with Crippen molar-refractivity contribution in [2.45, 2.75) is 74.6 Å². The van der Waals surface area contributed by atoms with Crippen LogP contribution in [0, 0.1) is 0 Å². The number of carboxylic acids is 3. The van der Waals surface area contributed by atoms with Crippen LogP contribution in [0.1, 0.15) is 62.3 Å². The number of rotatable bonds is 7. The summed E-state index contributed by atoms with van der Waals surface area (Å²) in [7, 11) is 4.49. The molecule has 1 unspecified atom stereocenters. The molecule has 3 aromatic rings. The zero-order valence-corrected chi connectivity index (χ0v) is 23.7. The molecule has 1 aliphatic heterocycles. The molecule has 1 aromatic heterocycles. The third-order valence-corrected chi connectivity index (χ3v) is 8.71. The van der Waals surface area contributed by atoms with Crippen molar-refractivity contribution < 1.29 is 34.8 Å². The highest BCUT2D eigenvalue weighted by molar-refractivity contribution is 5.88. The summed E-state index contributed by atoms with van der Waals surface area (Å²) in [5, 5.41) is 39.3. The first-order valence-corrected chi connectivity index (χ1v) is 13.8. The maximum atomic E-state index is 10.3. The van der Waals surface area contributed by atoms with Gasteiger partial charge in [0.2, 0.25) is 0 Å². The standard InChI is InChI=1S/C25H31N3.C6H8O7/c1-18-17-21-20-11-7-8-12-22(20)26-23(21)24(27-18)13-15-25(16-14-24,28(2)3)19-9-5-4-6-10-19;7-3(8)1-6(13,5(11)12)2-4(9)10/h4-12,18,26-27H,13-17H2,1-3H3;13H,1-2H2,(H,7,8)(H,9,10)(H,11,12). The zero-order valence-electron chi connectivity index (χ0n) is 23.7. The second kappa shape index (κ2) is 11.6. The van der Waals surface area contributed by atoms with Gasteiger partial charge < -0.3 is 30.7 Å². The number of nitrogens with zero attached hydrogens (tertiary/aromatic N) is 1. The first-order valence-electron chi connectivity index (χ1n) is 13.8. The summed E-state index contributed by atoms with van der Waals surface area (Å²) in [4.78, 5) is 36.8. The lowest BCUT2D eigenvalue weighted by Gasteiger charge is -2.52. The quantitative estimate of drug-likeness (QED) is 0.251. The third-order valence-electron chi connectivity index (χ3n) is 8.71. The van der Waals surface area contributed by atoms with E-state index in [4.69, 9.17) is 20.4 Å². The van der Waals surface area contributed by atoms with Crippen LogP contribution in [0.25, 0.3) is 10.9 Å². The van der Waals surface area contributed by atoms with Crippen molar-refractivity contribution in [3.05, 3.63) is 71.4 Å². The summed E-state index contributed by atoms with van der Waals surface area (Å²) in [5.74, 6) is -5.02. The number of aliphatic hydroxyl groups is 1. The summed E-state index contributed by atoms with van der Waals surface area (Å²) in [6, 6.07) is 20.4. The Labute approximate surface area is 239 Å². The highest BCUT2D eigenvalue weighted by atomic mass is 16.4. The Morgan fingerprint density at radius 2 is 1.46 bits per heavy atom. The molecule has 1 spiro atoms. The fourth-order valence-corrected chi connectivity index (χ4v) is 6.66. The van der Waals surface area contributed by atoms with Crippen LogP contribution in [-0.2, 0) is 31.9 Å². The summed E-state index contributed by atoms with van der Waals surface area (Å²) in [5.41, 5.74) is 3.19. The Bertz CT molecular complexity index is 1390. The first-order chi connectivity index (χ1) is 19.3. The van der Waals surface area contributed by atoms with Crippen LogP contribution in [0.4, 0.5) is 0 Å². The average Bonchev–Trinajstić information content (AvgIpc) is 3.28. The molecule has 41 heavy (non-hydrogen) atoms. The summed E-state index contributed by atoms with van der Waals surface area (Å²) >= 11 is 0. The Hall–Kier alpha value is -3.73. The summed E-state index contributed by atoms with van der Waals surface area (Å²) in [6.07, 6.45) is 3.47. The fourth-order valence-electron chi connectivity index (χ4n) is 6.66. The Balaban J connectivity index is 0.000000254. The molecule has 2 aromatic carbocycles. The molecule has 1 atom stereocenters. The lowest BCUT2D eigenvalue weighted by atomic mass is 9.65. The van der Waals surface area contributed by atoms with Crippen molar-refractivity contribution in [2.24, 2.45) is 0 Å². The van der Waals surface area contributed by atoms with Gasteiger partial charge in [-0.1, -0.05) is 48.5 Å². The number of para-hydroxylation sites is 1. The number of aliphatic carboxylic acids is 3. The van der Waals surface area contributed by atoms with Gasteiger partial charge in [0.25, 0.3) is 0 Å². The van der Waals surface area contributed by atoms with Gasteiger partial charge in [-0.25, -0.2) is 4.79 Å². The van der Waals surface area contributed by atoms with E-state index in [1.54, 1.807) is 5.56 Å². The number of fused-ring (bicyclic) bond motifs is 4. The number of nitrogens with one attached hydrogen (secondary N) is 2. The molecule has 0 radical (unpaired) electrons. The van der Waals surface area contributed by atoms with Crippen LogP contribution < -0.4 is 5.32 Å². The molecule has 1 aliphatic carbocycles. The molecular formula is C31H39N3O7. The minimum absolute atomic E-state index is 0.0698. The normalized spacial score (nSPS) is 24.0. The van der Waals surface area contributed by atoms with Crippen LogP contribution in [0.5, 0.6) is 0 Å². The molecular weight excluding hydrogens is 526 g/mol. The van der Waals surface area contributed by atoms with E-state index in [1.807, 2.05) is 0 Å². The number of aromatic amines is 1. The highest BCUT2D eigenvalue weighted by Gasteiger charge is 2.49. The molecule has 5 rings (SSSR count). The van der Waals surface area contributed by atoms with Gasteiger partial charge in [-0.2, -0.15) is 0 Å². The first kappa shape index (κ1) is 30.2. The fraction of sp³-hybridized carbons (Fsp3) is 0.452. The van der Waals surface area contributed by atoms with Crippen molar-refractivity contribution in [3.63, 3.8) is 0 Å². The number of benzene rings is 2. The predicted molar refractivity (Wildman–Crippen MR) is 154 cm³/mol. The molecule has 0 amide bonds. The van der Waals surface area contributed by atoms with Gasteiger partial charge >= 0.3 is 17.9 Å². The molecule has 1 fully saturated rings. The number of H-pyrrole nitrogens is 1. The van der Waals surface area contributed by atoms with Gasteiger partial charge in [-0.05, 0) is 70.3 Å². The van der Waals surface area contributed by atoms with Crippen molar-refractivity contribution in [1.82, 2.24) is 15.2 Å². The zero-order chi connectivity index (χ0) is 30.0. The van der Waals surface area contributed by atoms with Gasteiger partial charge in [0, 0.05) is 28.2 Å². The number of carboxylic acid groups (broad SMARTS) is 3. The molecule has 6 N–H and O–H groups in total. The van der Waals surface area contributed by atoms with E-state index in [-0.39, 0.29) is 11.1 Å². The van der Waals surface area contributed by atoms with Gasteiger partial charge in [0.15, 0.2) is 5.60 Å². The van der Waals surface area contributed by atoms with Gasteiger partial charge in [-0.3, -0.25) is 14.5 Å². The Morgan fingerprint density at radius 1 is 0.902 bits per heavy atom. The summed E-state index contributed by atoms with van der Waals surface area (Å²) in [6.45, 7) is 2.34. The van der Waals surface area contributed by atoms with Crippen molar-refractivity contribution >= 4 is 28.8 Å². The van der Waals surface area contributed by atoms with E-state index in [0.29, 0.717) is 6.04 Å². The third kappa shape index (κ3) is 6.00. The number of hydrogen-bond donors (Lipinski definition) is 6. The maximum absolute atomic E-state index is 10.3. The SMILES string of the molecule is CC1Cc2c([nH]c3ccccc23)C2(CCC(c3ccccc3)(N(C)C)CC2)N1.O=C(O)CC(O)(CC(=O)O)C(=O)O. The van der Waals surface area contributed by atoms with Crippen LogP contribution in [0.3, 0.4) is 0 Å². The van der Waals surface area contributed by atoms with Gasteiger partial charge in [0.1, 0.15) is 0 Å². The molecule has 0 bridgehead atoms. The predicted octanol–water partition coefficient (Wildman–Crippen LogP) is 3.68. The molecule has 10 nitrogen and oxygen atoms in total. The van der Waals surface area contributed by atoms with E-state index in [1.165, 1.54) is 35.0 Å². The monoisotopic (exact) mass is 565 g/mol. The van der Waals surface area contributed by atoms with Crippen molar-refractivity contribution in [2.75, 3.05) is 14.1 Å². The van der Waals surface area contributed by atoms with E-state index < -0.39 is 36.4 Å². The van der Waals surface area contributed by atoms with E-state index >= 15 is 0 Å².